The van der Waals surface area contributed by atoms with Gasteiger partial charge in [0.2, 0.25) is 0 Å². The van der Waals surface area contributed by atoms with Gasteiger partial charge in [0.1, 0.15) is 0 Å². The highest BCUT2D eigenvalue weighted by molar-refractivity contribution is 6.31. The number of rotatable bonds is 7. The fraction of sp³-hybridized carbons (Fsp3) is 0.278. The van der Waals surface area contributed by atoms with Gasteiger partial charge in [-0.3, -0.25) is 4.79 Å². The third-order valence-corrected chi connectivity index (χ3v) is 3.67. The van der Waals surface area contributed by atoms with Gasteiger partial charge in [-0.25, -0.2) is 4.39 Å². The van der Waals surface area contributed by atoms with E-state index in [2.05, 4.69) is 12.2 Å². The average molecular weight is 352 g/mol. The standard InChI is InChI=1S/C18H19ClFNO3/c1-3-4-10-24-15-9-8-12(11-16(15)23-2)18(22)21-14-7-5-6-13(19)17(14)20/h5-9,11H,3-4,10H2,1-2H3,(H,21,22). The summed E-state index contributed by atoms with van der Waals surface area (Å²) in [5.41, 5.74) is 0.351. The Morgan fingerprint density at radius 3 is 2.75 bits per heavy atom. The molecule has 0 saturated carbocycles. The van der Waals surface area contributed by atoms with Gasteiger partial charge in [0.25, 0.3) is 5.91 Å². The van der Waals surface area contributed by atoms with Gasteiger partial charge in [-0.05, 0) is 36.8 Å². The third-order valence-electron chi connectivity index (χ3n) is 3.38. The molecule has 0 fully saturated rings. The lowest BCUT2D eigenvalue weighted by molar-refractivity contribution is 0.102. The second-order valence-electron chi connectivity index (χ2n) is 5.12. The molecule has 4 nitrogen and oxygen atoms in total. The van der Waals surface area contributed by atoms with Crippen molar-refractivity contribution in [3.8, 4) is 11.5 Å². The number of carbonyl (C=O) groups excluding carboxylic acids is 1. The number of benzene rings is 2. The molecule has 0 saturated heterocycles. The molecule has 0 aliphatic heterocycles. The number of carbonyl (C=O) groups is 1. The molecule has 0 spiro atoms. The first-order chi connectivity index (χ1) is 11.6. The smallest absolute Gasteiger partial charge is 0.255 e. The molecule has 128 valence electrons. The number of anilines is 1. The normalized spacial score (nSPS) is 10.3. The maximum atomic E-state index is 13.9. The van der Waals surface area contributed by atoms with E-state index in [0.29, 0.717) is 23.7 Å². The van der Waals surface area contributed by atoms with Crippen LogP contribution >= 0.6 is 11.6 Å². The lowest BCUT2D eigenvalue weighted by Crippen LogP contribution is -2.13. The molecule has 0 atom stereocenters. The molecule has 6 heteroatoms. The van der Waals surface area contributed by atoms with Crippen LogP contribution in [-0.2, 0) is 0 Å². The van der Waals surface area contributed by atoms with Crippen molar-refractivity contribution in [3.63, 3.8) is 0 Å². The Bertz CT molecular complexity index is 721. The van der Waals surface area contributed by atoms with E-state index in [1.807, 2.05) is 0 Å². The minimum Gasteiger partial charge on any atom is -0.493 e. The summed E-state index contributed by atoms with van der Waals surface area (Å²) in [4.78, 5) is 12.3. The molecule has 2 aromatic carbocycles. The molecule has 1 amide bonds. The van der Waals surface area contributed by atoms with Crippen LogP contribution in [0.15, 0.2) is 36.4 Å². The van der Waals surface area contributed by atoms with Crippen molar-refractivity contribution in [3.05, 3.63) is 52.8 Å². The zero-order valence-corrected chi connectivity index (χ0v) is 14.3. The summed E-state index contributed by atoms with van der Waals surface area (Å²) in [6.07, 6.45) is 1.95. The van der Waals surface area contributed by atoms with Crippen LogP contribution in [0.1, 0.15) is 30.1 Å². The quantitative estimate of drug-likeness (QED) is 0.720. The molecular weight excluding hydrogens is 333 g/mol. The fourth-order valence-electron chi connectivity index (χ4n) is 2.05. The highest BCUT2D eigenvalue weighted by atomic mass is 35.5. The van der Waals surface area contributed by atoms with Crippen LogP contribution in [0.25, 0.3) is 0 Å². The number of amides is 1. The molecule has 0 radical (unpaired) electrons. The zero-order chi connectivity index (χ0) is 17.5. The van der Waals surface area contributed by atoms with E-state index in [-0.39, 0.29) is 10.7 Å². The molecule has 2 aromatic rings. The van der Waals surface area contributed by atoms with Crippen molar-refractivity contribution in [2.24, 2.45) is 0 Å². The predicted molar refractivity (Wildman–Crippen MR) is 92.8 cm³/mol. The maximum Gasteiger partial charge on any atom is 0.255 e. The summed E-state index contributed by atoms with van der Waals surface area (Å²) in [6, 6.07) is 9.24. The van der Waals surface area contributed by atoms with Crippen molar-refractivity contribution in [1.29, 1.82) is 0 Å². The number of nitrogens with one attached hydrogen (secondary N) is 1. The Morgan fingerprint density at radius 2 is 2.04 bits per heavy atom. The van der Waals surface area contributed by atoms with Crippen LogP contribution in [0.3, 0.4) is 0 Å². The SMILES string of the molecule is CCCCOc1ccc(C(=O)Nc2cccc(Cl)c2F)cc1OC. The van der Waals surface area contributed by atoms with Gasteiger partial charge >= 0.3 is 0 Å². The van der Waals surface area contributed by atoms with Crippen LogP contribution in [0.5, 0.6) is 11.5 Å². The Labute approximate surface area is 145 Å². The lowest BCUT2D eigenvalue weighted by Gasteiger charge is -2.12. The van der Waals surface area contributed by atoms with E-state index in [4.69, 9.17) is 21.1 Å². The zero-order valence-electron chi connectivity index (χ0n) is 13.6. The summed E-state index contributed by atoms with van der Waals surface area (Å²) in [5, 5.41) is 2.44. The summed E-state index contributed by atoms with van der Waals surface area (Å²) < 4.78 is 24.8. The molecule has 0 unspecified atom stereocenters. The van der Waals surface area contributed by atoms with Crippen molar-refractivity contribution in [2.75, 3.05) is 19.0 Å². The van der Waals surface area contributed by atoms with Crippen LogP contribution in [0.2, 0.25) is 5.02 Å². The maximum absolute atomic E-state index is 13.9. The number of ether oxygens (including phenoxy) is 2. The largest absolute Gasteiger partial charge is 0.493 e. The number of hydrogen-bond acceptors (Lipinski definition) is 3. The molecule has 1 N–H and O–H groups in total. The van der Waals surface area contributed by atoms with Crippen molar-refractivity contribution < 1.29 is 18.7 Å². The van der Waals surface area contributed by atoms with Crippen LogP contribution in [0, 0.1) is 5.82 Å². The highest BCUT2D eigenvalue weighted by Crippen LogP contribution is 2.29. The molecule has 0 bridgehead atoms. The summed E-state index contributed by atoms with van der Waals surface area (Å²) in [7, 11) is 1.50. The second kappa shape index (κ2) is 8.55. The first kappa shape index (κ1) is 18.1. The van der Waals surface area contributed by atoms with Crippen molar-refractivity contribution in [1.82, 2.24) is 0 Å². The molecule has 0 heterocycles. The molecule has 0 aliphatic carbocycles. The van der Waals surface area contributed by atoms with Crippen molar-refractivity contribution in [2.45, 2.75) is 19.8 Å². The summed E-state index contributed by atoms with van der Waals surface area (Å²) in [6.45, 7) is 2.65. The van der Waals surface area contributed by atoms with Crippen LogP contribution in [0.4, 0.5) is 10.1 Å². The second-order valence-corrected chi connectivity index (χ2v) is 5.53. The number of unbranched alkanes of at least 4 members (excludes halogenated alkanes) is 1. The van der Waals surface area contributed by atoms with Gasteiger partial charge in [-0.1, -0.05) is 31.0 Å². The van der Waals surface area contributed by atoms with E-state index in [1.165, 1.54) is 19.2 Å². The monoisotopic (exact) mass is 351 g/mol. The summed E-state index contributed by atoms with van der Waals surface area (Å²) in [5.74, 6) is -0.115. The van der Waals surface area contributed by atoms with Gasteiger partial charge in [-0.15, -0.1) is 0 Å². The third kappa shape index (κ3) is 4.38. The van der Waals surface area contributed by atoms with E-state index in [1.54, 1.807) is 24.3 Å². The number of halogens is 2. The van der Waals surface area contributed by atoms with Crippen LogP contribution in [-0.4, -0.2) is 19.6 Å². The average Bonchev–Trinajstić information content (AvgIpc) is 2.59. The predicted octanol–water partition coefficient (Wildman–Crippen LogP) is 4.92. The van der Waals surface area contributed by atoms with Gasteiger partial charge in [-0.2, -0.15) is 0 Å². The molecular formula is C18H19ClFNO3. The fourth-order valence-corrected chi connectivity index (χ4v) is 2.22. The minimum atomic E-state index is -0.668. The van der Waals surface area contributed by atoms with E-state index >= 15 is 0 Å². The first-order valence-electron chi connectivity index (χ1n) is 7.63. The minimum absolute atomic E-state index is 0.0229. The van der Waals surface area contributed by atoms with Crippen molar-refractivity contribution >= 4 is 23.2 Å². The molecule has 0 aromatic heterocycles. The number of methoxy groups -OCH3 is 1. The van der Waals surface area contributed by atoms with E-state index in [0.717, 1.165) is 12.8 Å². The Hall–Kier alpha value is -2.27. The van der Waals surface area contributed by atoms with E-state index in [9.17, 15) is 9.18 Å². The summed E-state index contributed by atoms with van der Waals surface area (Å²) >= 11 is 5.71. The topological polar surface area (TPSA) is 47.6 Å². The first-order valence-corrected chi connectivity index (χ1v) is 8.00. The Balaban J connectivity index is 2.16. The molecule has 0 aliphatic rings. The van der Waals surface area contributed by atoms with Gasteiger partial charge in [0.15, 0.2) is 17.3 Å². The van der Waals surface area contributed by atoms with Gasteiger partial charge in [0.05, 0.1) is 24.4 Å². The number of hydrogen-bond donors (Lipinski definition) is 1. The Morgan fingerprint density at radius 1 is 1.25 bits per heavy atom. The molecule has 24 heavy (non-hydrogen) atoms. The Kier molecular flexibility index (Phi) is 6.44. The van der Waals surface area contributed by atoms with Gasteiger partial charge < -0.3 is 14.8 Å². The van der Waals surface area contributed by atoms with Crippen LogP contribution < -0.4 is 14.8 Å². The van der Waals surface area contributed by atoms with E-state index < -0.39 is 11.7 Å². The molecule has 2 rings (SSSR count). The lowest BCUT2D eigenvalue weighted by atomic mass is 10.1. The highest BCUT2D eigenvalue weighted by Gasteiger charge is 2.14. The van der Waals surface area contributed by atoms with Gasteiger partial charge in [0, 0.05) is 5.56 Å².